The van der Waals surface area contributed by atoms with Crippen molar-refractivity contribution < 1.29 is 18.3 Å². The molecule has 1 atom stereocenters. The number of carbonyl (C=O) groups is 1. The van der Waals surface area contributed by atoms with Crippen molar-refractivity contribution >= 4 is 5.91 Å². The number of methoxy groups -OCH3 is 1. The van der Waals surface area contributed by atoms with Crippen molar-refractivity contribution in [2.45, 2.75) is 18.9 Å². The van der Waals surface area contributed by atoms with Gasteiger partial charge in [-0.25, -0.2) is 13.8 Å². The van der Waals surface area contributed by atoms with Gasteiger partial charge in [0.15, 0.2) is 0 Å². The number of likely N-dealkylation sites (tertiary alicyclic amines) is 1. The first kappa shape index (κ1) is 19.1. The number of halogens is 2. The number of pyridine rings is 1. The standard InChI is InChI=1S/C23H20F2N2O2/c1-29-22-11-9-16(14-26-22)17-10-8-15(13-20(17)25)23(28)27-12-4-7-21(27)18-5-2-3-6-19(18)24/h2-3,5-6,8-11,13-14,21H,4,7,12H2,1H3/t21-/m1/s1. The van der Waals surface area contributed by atoms with Crippen molar-refractivity contribution in [1.82, 2.24) is 9.88 Å². The minimum absolute atomic E-state index is 0.246. The first-order valence-electron chi connectivity index (χ1n) is 9.44. The molecule has 2 aromatic carbocycles. The first-order valence-corrected chi connectivity index (χ1v) is 9.44. The van der Waals surface area contributed by atoms with E-state index in [1.54, 1.807) is 47.4 Å². The van der Waals surface area contributed by atoms with Gasteiger partial charge in [0.05, 0.1) is 13.2 Å². The molecule has 0 unspecified atom stereocenters. The Morgan fingerprint density at radius 1 is 1.10 bits per heavy atom. The average Bonchev–Trinajstić information content (AvgIpc) is 3.23. The molecule has 0 spiro atoms. The van der Waals surface area contributed by atoms with Crippen LogP contribution in [0, 0.1) is 11.6 Å². The molecule has 1 fully saturated rings. The SMILES string of the molecule is COc1ccc(-c2ccc(C(=O)N3CCC[C@@H]3c3ccccc3F)cc2F)cn1. The number of hydrogen-bond donors (Lipinski definition) is 0. The van der Waals surface area contributed by atoms with Crippen LogP contribution in [0.15, 0.2) is 60.8 Å². The van der Waals surface area contributed by atoms with Gasteiger partial charge in [-0.3, -0.25) is 4.79 Å². The summed E-state index contributed by atoms with van der Waals surface area (Å²) in [5.74, 6) is -0.696. The Morgan fingerprint density at radius 3 is 2.62 bits per heavy atom. The largest absolute Gasteiger partial charge is 0.481 e. The quantitative estimate of drug-likeness (QED) is 0.625. The van der Waals surface area contributed by atoms with Crippen molar-refractivity contribution in [3.8, 4) is 17.0 Å². The summed E-state index contributed by atoms with van der Waals surface area (Å²) < 4.78 is 34.0. The van der Waals surface area contributed by atoms with Crippen molar-refractivity contribution in [1.29, 1.82) is 0 Å². The molecule has 1 aliphatic heterocycles. The Balaban J connectivity index is 1.60. The molecule has 1 amide bonds. The van der Waals surface area contributed by atoms with E-state index in [4.69, 9.17) is 4.74 Å². The zero-order valence-corrected chi connectivity index (χ0v) is 15.9. The molecule has 1 aliphatic rings. The summed E-state index contributed by atoms with van der Waals surface area (Å²) in [4.78, 5) is 18.7. The predicted octanol–water partition coefficient (Wildman–Crippen LogP) is 5.01. The monoisotopic (exact) mass is 394 g/mol. The highest BCUT2D eigenvalue weighted by molar-refractivity contribution is 5.95. The maximum atomic E-state index is 14.8. The fourth-order valence-corrected chi connectivity index (χ4v) is 3.79. The zero-order valence-electron chi connectivity index (χ0n) is 15.9. The van der Waals surface area contributed by atoms with Crippen LogP contribution in [-0.4, -0.2) is 29.4 Å². The number of amides is 1. The van der Waals surface area contributed by atoms with Gasteiger partial charge in [-0.1, -0.05) is 24.3 Å². The second kappa shape index (κ2) is 7.99. The van der Waals surface area contributed by atoms with E-state index in [2.05, 4.69) is 4.98 Å². The van der Waals surface area contributed by atoms with Crippen molar-refractivity contribution in [2.75, 3.05) is 13.7 Å². The van der Waals surface area contributed by atoms with Crippen LogP contribution in [0.1, 0.15) is 34.8 Å². The molecule has 1 saturated heterocycles. The van der Waals surface area contributed by atoms with E-state index in [9.17, 15) is 13.6 Å². The van der Waals surface area contributed by atoms with E-state index in [0.717, 1.165) is 6.42 Å². The summed E-state index contributed by atoms with van der Waals surface area (Å²) in [6, 6.07) is 13.9. The van der Waals surface area contributed by atoms with Crippen LogP contribution < -0.4 is 4.74 Å². The average molecular weight is 394 g/mol. The fraction of sp³-hybridized carbons (Fsp3) is 0.217. The predicted molar refractivity (Wildman–Crippen MR) is 106 cm³/mol. The van der Waals surface area contributed by atoms with E-state index < -0.39 is 5.82 Å². The molecule has 0 saturated carbocycles. The summed E-state index contributed by atoms with van der Waals surface area (Å²) in [5, 5.41) is 0. The normalized spacial score (nSPS) is 16.1. The maximum Gasteiger partial charge on any atom is 0.254 e. The van der Waals surface area contributed by atoms with Gasteiger partial charge in [0.25, 0.3) is 5.91 Å². The molecule has 0 bridgehead atoms. The third-order valence-corrected chi connectivity index (χ3v) is 5.25. The van der Waals surface area contributed by atoms with Gasteiger partial charge in [-0.05, 0) is 37.1 Å². The van der Waals surface area contributed by atoms with Crippen LogP contribution >= 0.6 is 0 Å². The second-order valence-corrected chi connectivity index (χ2v) is 6.96. The Kier molecular flexibility index (Phi) is 5.25. The number of benzene rings is 2. The van der Waals surface area contributed by atoms with Gasteiger partial charge in [0, 0.05) is 41.1 Å². The van der Waals surface area contributed by atoms with Gasteiger partial charge in [-0.2, -0.15) is 0 Å². The molecule has 0 radical (unpaired) electrons. The number of hydrogen-bond acceptors (Lipinski definition) is 3. The fourth-order valence-electron chi connectivity index (χ4n) is 3.79. The van der Waals surface area contributed by atoms with Crippen LogP contribution in [0.2, 0.25) is 0 Å². The highest BCUT2D eigenvalue weighted by Crippen LogP contribution is 2.35. The Morgan fingerprint density at radius 2 is 1.93 bits per heavy atom. The molecule has 1 aromatic heterocycles. The van der Waals surface area contributed by atoms with E-state index in [1.165, 1.54) is 25.4 Å². The first-order chi connectivity index (χ1) is 14.1. The second-order valence-electron chi connectivity index (χ2n) is 6.96. The Labute approximate surface area is 167 Å². The molecule has 0 aliphatic carbocycles. The minimum atomic E-state index is -0.510. The van der Waals surface area contributed by atoms with E-state index >= 15 is 0 Å². The maximum absolute atomic E-state index is 14.8. The van der Waals surface area contributed by atoms with E-state index in [1.807, 2.05) is 0 Å². The lowest BCUT2D eigenvalue weighted by atomic mass is 10.0. The minimum Gasteiger partial charge on any atom is -0.481 e. The lowest BCUT2D eigenvalue weighted by molar-refractivity contribution is 0.0733. The summed E-state index contributed by atoms with van der Waals surface area (Å²) >= 11 is 0. The molecule has 29 heavy (non-hydrogen) atoms. The number of nitrogens with zero attached hydrogens (tertiary/aromatic N) is 2. The van der Waals surface area contributed by atoms with Crippen molar-refractivity contribution in [2.24, 2.45) is 0 Å². The van der Waals surface area contributed by atoms with Crippen LogP contribution in [0.4, 0.5) is 8.78 Å². The summed E-state index contributed by atoms with van der Waals surface area (Å²) in [5.41, 5.74) is 1.69. The highest BCUT2D eigenvalue weighted by atomic mass is 19.1. The lowest BCUT2D eigenvalue weighted by Gasteiger charge is -2.25. The van der Waals surface area contributed by atoms with E-state index in [0.29, 0.717) is 35.5 Å². The van der Waals surface area contributed by atoms with Gasteiger partial charge in [-0.15, -0.1) is 0 Å². The number of carbonyl (C=O) groups excluding carboxylic acids is 1. The van der Waals surface area contributed by atoms with Gasteiger partial charge in [0.2, 0.25) is 5.88 Å². The third-order valence-electron chi connectivity index (χ3n) is 5.25. The Bertz CT molecular complexity index is 1040. The zero-order chi connectivity index (χ0) is 20.4. The molecule has 0 N–H and O–H groups in total. The van der Waals surface area contributed by atoms with Gasteiger partial charge >= 0.3 is 0 Å². The molecule has 4 nitrogen and oxygen atoms in total. The van der Waals surface area contributed by atoms with Crippen LogP contribution in [0.3, 0.4) is 0 Å². The number of aromatic nitrogens is 1. The molecular formula is C23H20F2N2O2. The summed E-state index contributed by atoms with van der Waals surface area (Å²) in [7, 11) is 1.51. The molecular weight excluding hydrogens is 374 g/mol. The highest BCUT2D eigenvalue weighted by Gasteiger charge is 2.32. The van der Waals surface area contributed by atoms with E-state index in [-0.39, 0.29) is 23.3 Å². The van der Waals surface area contributed by atoms with Crippen LogP contribution in [-0.2, 0) is 0 Å². The van der Waals surface area contributed by atoms with Crippen LogP contribution in [0.25, 0.3) is 11.1 Å². The van der Waals surface area contributed by atoms with Gasteiger partial charge in [0.1, 0.15) is 11.6 Å². The van der Waals surface area contributed by atoms with Crippen molar-refractivity contribution in [3.05, 3.63) is 83.6 Å². The van der Waals surface area contributed by atoms with Crippen LogP contribution in [0.5, 0.6) is 5.88 Å². The topological polar surface area (TPSA) is 42.4 Å². The smallest absolute Gasteiger partial charge is 0.254 e. The molecule has 2 heterocycles. The molecule has 3 aromatic rings. The van der Waals surface area contributed by atoms with Crippen molar-refractivity contribution in [3.63, 3.8) is 0 Å². The molecule has 148 valence electrons. The molecule has 6 heteroatoms. The number of ether oxygens (including phenoxy) is 1. The lowest BCUT2D eigenvalue weighted by Crippen LogP contribution is -2.31. The summed E-state index contributed by atoms with van der Waals surface area (Å²) in [6.45, 7) is 0.517. The molecule has 4 rings (SSSR count). The third kappa shape index (κ3) is 3.70. The Hall–Kier alpha value is -3.28. The van der Waals surface area contributed by atoms with Gasteiger partial charge < -0.3 is 9.64 Å². The summed E-state index contributed by atoms with van der Waals surface area (Å²) in [6.07, 6.45) is 2.99. The number of rotatable bonds is 4.